The van der Waals surface area contributed by atoms with Crippen LogP contribution in [-0.2, 0) is 25.8 Å². The minimum absolute atomic E-state index is 0.0899. The van der Waals surface area contributed by atoms with Crippen molar-refractivity contribution >= 4 is 17.8 Å². The average molecular weight is 341 g/mol. The molecule has 0 heterocycles. The SMILES string of the molecule is NC(=O)CC[C@@H](C(=O)O)N(O)N(CC(=O)O)OCc1ccccc1. The van der Waals surface area contributed by atoms with Crippen LogP contribution in [0, 0.1) is 0 Å². The zero-order chi connectivity index (χ0) is 18.1. The summed E-state index contributed by atoms with van der Waals surface area (Å²) in [6.07, 6.45) is -0.612. The molecule has 10 heteroatoms. The highest BCUT2D eigenvalue weighted by molar-refractivity contribution is 5.77. The number of carboxylic acid groups (broad SMARTS) is 2. The number of carbonyl (C=O) groups is 3. The maximum Gasteiger partial charge on any atom is 0.325 e. The number of carbonyl (C=O) groups excluding carboxylic acids is 1. The largest absolute Gasteiger partial charge is 0.480 e. The third-order valence-corrected chi connectivity index (χ3v) is 2.95. The number of benzene rings is 1. The Labute approximate surface area is 137 Å². The number of nitrogens with two attached hydrogens (primary N) is 1. The Morgan fingerprint density at radius 1 is 1.17 bits per heavy atom. The molecule has 10 nitrogen and oxygen atoms in total. The van der Waals surface area contributed by atoms with Crippen LogP contribution in [0.1, 0.15) is 18.4 Å². The molecule has 132 valence electrons. The van der Waals surface area contributed by atoms with Crippen molar-refractivity contribution in [1.82, 2.24) is 10.3 Å². The summed E-state index contributed by atoms with van der Waals surface area (Å²) in [4.78, 5) is 38.1. The smallest absolute Gasteiger partial charge is 0.325 e. The zero-order valence-electron chi connectivity index (χ0n) is 12.7. The number of rotatable bonds is 11. The molecule has 1 aromatic rings. The zero-order valence-corrected chi connectivity index (χ0v) is 12.7. The second-order valence-electron chi connectivity index (χ2n) is 4.84. The summed E-state index contributed by atoms with van der Waals surface area (Å²) in [5, 5.41) is 28.7. The molecular formula is C14H19N3O7. The number of hydrogen-bond donors (Lipinski definition) is 4. The van der Waals surface area contributed by atoms with Gasteiger partial charge in [0.05, 0.1) is 6.61 Å². The van der Waals surface area contributed by atoms with Crippen molar-refractivity contribution in [2.45, 2.75) is 25.5 Å². The molecular weight excluding hydrogens is 322 g/mol. The van der Waals surface area contributed by atoms with E-state index in [-0.39, 0.29) is 24.6 Å². The summed E-state index contributed by atoms with van der Waals surface area (Å²) in [7, 11) is 0. The number of aliphatic carboxylic acids is 2. The monoisotopic (exact) mass is 341 g/mol. The van der Waals surface area contributed by atoms with Gasteiger partial charge in [0.2, 0.25) is 5.91 Å². The van der Waals surface area contributed by atoms with Gasteiger partial charge in [0, 0.05) is 6.42 Å². The summed E-state index contributed by atoms with van der Waals surface area (Å²) in [5.41, 5.74) is 5.65. The molecule has 1 aromatic carbocycles. The van der Waals surface area contributed by atoms with Crippen LogP contribution in [0.3, 0.4) is 0 Å². The summed E-state index contributed by atoms with van der Waals surface area (Å²) in [5.74, 6) is -3.55. The Kier molecular flexibility index (Phi) is 7.79. The van der Waals surface area contributed by atoms with Crippen LogP contribution in [0.25, 0.3) is 0 Å². The Morgan fingerprint density at radius 2 is 1.79 bits per heavy atom. The lowest BCUT2D eigenvalue weighted by Crippen LogP contribution is -2.51. The lowest BCUT2D eigenvalue weighted by Gasteiger charge is -2.31. The number of carboxylic acids is 2. The molecule has 0 bridgehead atoms. The van der Waals surface area contributed by atoms with E-state index in [4.69, 9.17) is 20.8 Å². The highest BCUT2D eigenvalue weighted by Crippen LogP contribution is 2.11. The van der Waals surface area contributed by atoms with Gasteiger partial charge in [-0.15, -0.1) is 0 Å². The first-order chi connectivity index (χ1) is 11.3. The summed E-state index contributed by atoms with van der Waals surface area (Å²) in [6.45, 7) is -0.892. The fourth-order valence-electron chi connectivity index (χ4n) is 1.79. The van der Waals surface area contributed by atoms with Crippen molar-refractivity contribution in [3.63, 3.8) is 0 Å². The standard InChI is InChI=1S/C14H19N3O7/c15-12(18)7-6-11(14(21)22)17(23)16(8-13(19)20)24-9-10-4-2-1-3-5-10/h1-5,11,23H,6-9H2,(H2,15,18)(H,19,20)(H,21,22)/t11-/m0/s1. The molecule has 0 saturated heterocycles. The van der Waals surface area contributed by atoms with Crippen molar-refractivity contribution in [3.8, 4) is 0 Å². The normalized spacial score (nSPS) is 12.3. The van der Waals surface area contributed by atoms with Gasteiger partial charge < -0.3 is 15.9 Å². The number of hydrazine groups is 1. The molecule has 0 saturated carbocycles. The highest BCUT2D eigenvalue weighted by atomic mass is 16.8. The lowest BCUT2D eigenvalue weighted by atomic mass is 10.1. The first-order valence-electron chi connectivity index (χ1n) is 6.96. The molecule has 24 heavy (non-hydrogen) atoms. The molecule has 0 aliphatic rings. The van der Waals surface area contributed by atoms with Crippen molar-refractivity contribution in [1.29, 1.82) is 0 Å². The van der Waals surface area contributed by atoms with Gasteiger partial charge in [-0.05, 0) is 12.0 Å². The Balaban J connectivity index is 2.80. The molecule has 5 N–H and O–H groups in total. The number of hydrogen-bond acceptors (Lipinski definition) is 7. The van der Waals surface area contributed by atoms with Gasteiger partial charge in [-0.25, -0.2) is 0 Å². The Morgan fingerprint density at radius 3 is 2.29 bits per heavy atom. The molecule has 0 radical (unpaired) electrons. The first kappa shape index (κ1) is 19.5. The van der Waals surface area contributed by atoms with Gasteiger partial charge in [-0.2, -0.15) is 0 Å². The third kappa shape index (κ3) is 6.71. The highest BCUT2D eigenvalue weighted by Gasteiger charge is 2.31. The van der Waals surface area contributed by atoms with Crippen LogP contribution in [0.4, 0.5) is 0 Å². The topological polar surface area (TPSA) is 154 Å². The van der Waals surface area contributed by atoms with Crippen molar-refractivity contribution < 1.29 is 34.6 Å². The minimum Gasteiger partial charge on any atom is -0.480 e. The van der Waals surface area contributed by atoms with E-state index < -0.39 is 30.4 Å². The Bertz CT molecular complexity index is 567. The predicted molar refractivity (Wildman–Crippen MR) is 79.1 cm³/mol. The van der Waals surface area contributed by atoms with Crippen molar-refractivity contribution in [3.05, 3.63) is 35.9 Å². The summed E-state index contributed by atoms with van der Waals surface area (Å²) >= 11 is 0. The Hall–Kier alpha value is -2.53. The maximum atomic E-state index is 11.2. The van der Waals surface area contributed by atoms with E-state index in [1.165, 1.54) is 0 Å². The molecule has 0 unspecified atom stereocenters. The van der Waals surface area contributed by atoms with Gasteiger partial charge in [0.1, 0.15) is 6.54 Å². The average Bonchev–Trinajstić information content (AvgIpc) is 2.51. The molecule has 1 rings (SSSR count). The van der Waals surface area contributed by atoms with E-state index in [0.717, 1.165) is 0 Å². The van der Waals surface area contributed by atoms with E-state index in [1.807, 2.05) is 0 Å². The lowest BCUT2D eigenvalue weighted by molar-refractivity contribution is -0.401. The van der Waals surface area contributed by atoms with Crippen LogP contribution in [-0.4, -0.2) is 56.2 Å². The predicted octanol–water partition coefficient (Wildman–Crippen LogP) is -0.170. The van der Waals surface area contributed by atoms with Crippen molar-refractivity contribution in [2.24, 2.45) is 5.73 Å². The van der Waals surface area contributed by atoms with E-state index >= 15 is 0 Å². The van der Waals surface area contributed by atoms with E-state index in [1.54, 1.807) is 30.3 Å². The van der Waals surface area contributed by atoms with Crippen LogP contribution in [0.5, 0.6) is 0 Å². The number of nitrogens with zero attached hydrogens (tertiary/aromatic N) is 2. The van der Waals surface area contributed by atoms with Crippen LogP contribution in [0.15, 0.2) is 30.3 Å². The molecule has 0 fully saturated rings. The third-order valence-electron chi connectivity index (χ3n) is 2.95. The molecule has 0 spiro atoms. The maximum absolute atomic E-state index is 11.2. The van der Waals surface area contributed by atoms with Gasteiger partial charge in [0.15, 0.2) is 6.04 Å². The van der Waals surface area contributed by atoms with Gasteiger partial charge in [-0.3, -0.25) is 24.4 Å². The van der Waals surface area contributed by atoms with Gasteiger partial charge in [0.25, 0.3) is 0 Å². The fourth-order valence-corrected chi connectivity index (χ4v) is 1.79. The van der Waals surface area contributed by atoms with Crippen LogP contribution >= 0.6 is 0 Å². The molecule has 1 atom stereocenters. The molecule has 0 aliphatic heterocycles. The van der Waals surface area contributed by atoms with Crippen molar-refractivity contribution in [2.75, 3.05) is 6.54 Å². The van der Waals surface area contributed by atoms with E-state index in [2.05, 4.69) is 0 Å². The van der Waals surface area contributed by atoms with Crippen LogP contribution < -0.4 is 5.73 Å². The summed E-state index contributed by atoms with van der Waals surface area (Å²) in [6, 6.07) is 7.09. The van der Waals surface area contributed by atoms with Gasteiger partial charge in [-0.1, -0.05) is 40.7 Å². The number of amides is 1. The number of primary amides is 1. The second-order valence-corrected chi connectivity index (χ2v) is 4.84. The molecule has 0 aliphatic carbocycles. The summed E-state index contributed by atoms with van der Waals surface area (Å²) < 4.78 is 0. The van der Waals surface area contributed by atoms with Gasteiger partial charge >= 0.3 is 11.9 Å². The number of hydroxylamine groups is 2. The fraction of sp³-hybridized carbons (Fsp3) is 0.357. The molecule has 0 aromatic heterocycles. The second kappa shape index (κ2) is 9.57. The van der Waals surface area contributed by atoms with E-state index in [0.29, 0.717) is 10.7 Å². The first-order valence-corrected chi connectivity index (χ1v) is 6.96. The quantitative estimate of drug-likeness (QED) is 0.402. The van der Waals surface area contributed by atoms with Crippen LogP contribution in [0.2, 0.25) is 0 Å². The minimum atomic E-state index is -1.59. The molecule has 1 amide bonds. The van der Waals surface area contributed by atoms with E-state index in [9.17, 15) is 19.6 Å².